The summed E-state index contributed by atoms with van der Waals surface area (Å²) >= 11 is 0. The molecular formula is C11H14N5O2+. The molecule has 0 fully saturated rings. The third-order valence-electron chi connectivity index (χ3n) is 2.37. The van der Waals surface area contributed by atoms with Crippen molar-refractivity contribution in [1.29, 1.82) is 0 Å². The van der Waals surface area contributed by atoms with Crippen molar-refractivity contribution in [2.45, 2.75) is 13.0 Å². The van der Waals surface area contributed by atoms with Crippen molar-refractivity contribution in [3.63, 3.8) is 0 Å². The molecule has 0 unspecified atom stereocenters. The van der Waals surface area contributed by atoms with Gasteiger partial charge in [0.2, 0.25) is 12.4 Å². The molecule has 2 aromatic rings. The van der Waals surface area contributed by atoms with Gasteiger partial charge in [0.25, 0.3) is 0 Å². The van der Waals surface area contributed by atoms with Crippen molar-refractivity contribution in [3.8, 4) is 0 Å². The summed E-state index contributed by atoms with van der Waals surface area (Å²) in [5.74, 6) is 0.364. The van der Waals surface area contributed by atoms with Gasteiger partial charge < -0.3 is 4.74 Å². The summed E-state index contributed by atoms with van der Waals surface area (Å²) in [6, 6.07) is 3.74. The summed E-state index contributed by atoms with van der Waals surface area (Å²) < 4.78 is 6.53. The second-order valence-electron chi connectivity index (χ2n) is 3.83. The van der Waals surface area contributed by atoms with Gasteiger partial charge in [-0.2, -0.15) is 9.36 Å². The van der Waals surface area contributed by atoms with Crippen molar-refractivity contribution < 1.29 is 14.1 Å². The lowest BCUT2D eigenvalue weighted by Gasteiger charge is -1.98. The molecule has 0 aromatic carbocycles. The summed E-state index contributed by atoms with van der Waals surface area (Å²) in [6.07, 6.45) is 4.01. The minimum atomic E-state index is -0.259. The predicted octanol–water partition coefficient (Wildman–Crippen LogP) is -0.739. The molecule has 18 heavy (non-hydrogen) atoms. The maximum atomic E-state index is 11.2. The Morgan fingerprint density at radius 3 is 3.06 bits per heavy atom. The maximum Gasteiger partial charge on any atom is 0.310 e. The van der Waals surface area contributed by atoms with Crippen LogP contribution in [0.25, 0.3) is 0 Å². The first-order chi connectivity index (χ1) is 8.67. The molecule has 0 saturated carbocycles. The highest BCUT2D eigenvalue weighted by Gasteiger charge is 2.10. The second-order valence-corrected chi connectivity index (χ2v) is 3.83. The average molecular weight is 248 g/mol. The zero-order valence-electron chi connectivity index (χ0n) is 10.3. The number of hydrogen-bond donors (Lipinski definition) is 0. The zero-order valence-corrected chi connectivity index (χ0v) is 10.3. The molecule has 0 aliphatic rings. The van der Waals surface area contributed by atoms with Gasteiger partial charge in [-0.3, -0.25) is 4.79 Å². The molecule has 2 rings (SSSR count). The average Bonchev–Trinajstić information content (AvgIpc) is 2.75. The first kappa shape index (κ1) is 12.2. The van der Waals surface area contributed by atoms with Crippen LogP contribution in [0.15, 0.2) is 24.5 Å². The molecule has 0 atom stereocenters. The van der Waals surface area contributed by atoms with Crippen LogP contribution in [0.3, 0.4) is 0 Å². The topological polar surface area (TPSA) is 73.8 Å². The van der Waals surface area contributed by atoms with Crippen molar-refractivity contribution in [3.05, 3.63) is 35.9 Å². The minimum Gasteiger partial charge on any atom is -0.469 e. The van der Waals surface area contributed by atoms with Crippen LogP contribution in [0, 0.1) is 0 Å². The number of methoxy groups -OCH3 is 1. The third-order valence-corrected chi connectivity index (χ3v) is 2.37. The molecule has 7 nitrogen and oxygen atoms in total. The number of pyridine rings is 1. The summed E-state index contributed by atoms with van der Waals surface area (Å²) in [5, 5.41) is 11.8. The zero-order chi connectivity index (χ0) is 13.0. The lowest BCUT2D eigenvalue weighted by molar-refractivity contribution is -0.689. The van der Waals surface area contributed by atoms with Gasteiger partial charge in [0.05, 0.1) is 20.6 Å². The van der Waals surface area contributed by atoms with Crippen LogP contribution in [0.5, 0.6) is 0 Å². The van der Waals surface area contributed by atoms with Gasteiger partial charge in [-0.1, -0.05) is 0 Å². The summed E-state index contributed by atoms with van der Waals surface area (Å²) in [7, 11) is 3.09. The number of aryl methyl sites for hydroxylation is 1. The molecule has 0 radical (unpaired) electrons. The van der Waals surface area contributed by atoms with E-state index >= 15 is 0 Å². The third kappa shape index (κ3) is 3.09. The first-order valence-electron chi connectivity index (χ1n) is 5.45. The van der Waals surface area contributed by atoms with Gasteiger partial charge in [0, 0.05) is 11.6 Å². The molecule has 7 heteroatoms. The largest absolute Gasteiger partial charge is 0.469 e. The van der Waals surface area contributed by atoms with Crippen LogP contribution in [0.1, 0.15) is 11.4 Å². The highest BCUT2D eigenvalue weighted by Crippen LogP contribution is 1.98. The maximum absolute atomic E-state index is 11.2. The molecule has 0 saturated heterocycles. The van der Waals surface area contributed by atoms with Gasteiger partial charge in [-0.05, 0) is 11.3 Å². The van der Waals surface area contributed by atoms with E-state index < -0.39 is 0 Å². The standard InChI is InChI=1S/C11H14N5O2/c1-15-13-10(12-14-15)8-16-5-3-4-9(7-16)6-11(17)18-2/h3-5,7H,6,8H2,1-2H3/q+1. The molecule has 0 N–H and O–H groups in total. The van der Waals surface area contributed by atoms with E-state index in [1.807, 2.05) is 29.1 Å². The number of hydrogen-bond acceptors (Lipinski definition) is 5. The van der Waals surface area contributed by atoms with Crippen molar-refractivity contribution in [2.24, 2.45) is 7.05 Å². The van der Waals surface area contributed by atoms with E-state index in [-0.39, 0.29) is 12.4 Å². The van der Waals surface area contributed by atoms with Crippen molar-refractivity contribution in [2.75, 3.05) is 7.11 Å². The number of carbonyl (C=O) groups excluding carboxylic acids is 1. The predicted molar refractivity (Wildman–Crippen MR) is 60.3 cm³/mol. The smallest absolute Gasteiger partial charge is 0.310 e. The summed E-state index contributed by atoms with van der Waals surface area (Å²) in [5.41, 5.74) is 0.883. The molecule has 0 bridgehead atoms. The Morgan fingerprint density at radius 1 is 1.56 bits per heavy atom. The lowest BCUT2D eigenvalue weighted by atomic mass is 10.2. The molecular weight excluding hydrogens is 234 g/mol. The SMILES string of the molecule is COC(=O)Cc1ccc[n+](Cc2nnn(C)n2)c1. The molecule has 2 heterocycles. The Bertz CT molecular complexity index is 552. The lowest BCUT2D eigenvalue weighted by Crippen LogP contribution is -2.34. The highest BCUT2D eigenvalue weighted by molar-refractivity contribution is 5.72. The van der Waals surface area contributed by atoms with E-state index in [0.717, 1.165) is 5.56 Å². The van der Waals surface area contributed by atoms with Crippen molar-refractivity contribution in [1.82, 2.24) is 20.2 Å². The number of tetrazole rings is 1. The molecule has 0 aliphatic carbocycles. The fourth-order valence-corrected chi connectivity index (χ4v) is 1.57. The van der Waals surface area contributed by atoms with Crippen LogP contribution in [-0.2, 0) is 29.5 Å². The summed E-state index contributed by atoms with van der Waals surface area (Å²) in [4.78, 5) is 12.6. The Morgan fingerprint density at radius 2 is 2.39 bits per heavy atom. The van der Waals surface area contributed by atoms with Crippen LogP contribution in [-0.4, -0.2) is 33.3 Å². The van der Waals surface area contributed by atoms with Crippen LogP contribution >= 0.6 is 0 Å². The minimum absolute atomic E-state index is 0.255. The van der Waals surface area contributed by atoms with E-state index in [9.17, 15) is 4.79 Å². The van der Waals surface area contributed by atoms with Crippen LogP contribution in [0.2, 0.25) is 0 Å². The Balaban J connectivity index is 2.09. The highest BCUT2D eigenvalue weighted by atomic mass is 16.5. The number of aromatic nitrogens is 5. The number of rotatable bonds is 4. The van der Waals surface area contributed by atoms with E-state index in [0.29, 0.717) is 12.4 Å². The van der Waals surface area contributed by atoms with Gasteiger partial charge in [0.15, 0.2) is 12.4 Å². The number of carbonyl (C=O) groups is 1. The van der Waals surface area contributed by atoms with Gasteiger partial charge in [-0.15, -0.1) is 10.2 Å². The first-order valence-corrected chi connectivity index (χ1v) is 5.45. The second kappa shape index (κ2) is 5.35. The van der Waals surface area contributed by atoms with Gasteiger partial charge in [-0.25, -0.2) is 0 Å². The molecule has 0 spiro atoms. The Kier molecular flexibility index (Phi) is 3.61. The fraction of sp³-hybridized carbons (Fsp3) is 0.364. The van der Waals surface area contributed by atoms with Crippen LogP contribution < -0.4 is 4.57 Å². The van der Waals surface area contributed by atoms with Gasteiger partial charge >= 0.3 is 5.97 Å². The van der Waals surface area contributed by atoms with E-state index in [4.69, 9.17) is 0 Å². The quantitative estimate of drug-likeness (QED) is 0.526. The number of esters is 1. The Labute approximate surface area is 104 Å². The van der Waals surface area contributed by atoms with Crippen molar-refractivity contribution >= 4 is 5.97 Å². The van der Waals surface area contributed by atoms with E-state index in [2.05, 4.69) is 20.1 Å². The van der Waals surface area contributed by atoms with Crippen LogP contribution in [0.4, 0.5) is 0 Å². The molecule has 0 amide bonds. The molecule has 0 aliphatic heterocycles. The molecule has 94 valence electrons. The summed E-state index contributed by atoms with van der Waals surface area (Å²) in [6.45, 7) is 0.517. The van der Waals surface area contributed by atoms with E-state index in [1.165, 1.54) is 11.9 Å². The number of ether oxygens (including phenoxy) is 1. The van der Waals surface area contributed by atoms with E-state index in [1.54, 1.807) is 7.05 Å². The molecule has 2 aromatic heterocycles. The number of nitrogens with zero attached hydrogens (tertiary/aromatic N) is 5. The Hall–Kier alpha value is -2.31. The fourth-order valence-electron chi connectivity index (χ4n) is 1.57. The normalized spacial score (nSPS) is 10.3. The van der Waals surface area contributed by atoms with Gasteiger partial charge in [0.1, 0.15) is 0 Å². The monoisotopic (exact) mass is 248 g/mol.